The van der Waals surface area contributed by atoms with Gasteiger partial charge in [-0.2, -0.15) is 4.99 Å². The first-order valence-corrected chi connectivity index (χ1v) is 14.8. The van der Waals surface area contributed by atoms with E-state index in [9.17, 15) is 0 Å². The van der Waals surface area contributed by atoms with Crippen LogP contribution in [0.25, 0.3) is 22.5 Å². The maximum absolute atomic E-state index is 7.11. The Balaban J connectivity index is 1.73. The average molecular weight is 577 g/mol. The maximum atomic E-state index is 7.11. The minimum atomic E-state index is -0.641. The number of fused-ring (bicyclic) bond motifs is 2. The van der Waals surface area contributed by atoms with E-state index in [1.165, 1.54) is 0 Å². The predicted molar refractivity (Wildman–Crippen MR) is 173 cm³/mol. The number of pyridine rings is 2. The first-order valence-electron chi connectivity index (χ1n) is 14.8. The zero-order valence-electron chi connectivity index (χ0n) is 25.2. The highest BCUT2D eigenvalue weighted by Crippen LogP contribution is 2.49. The minimum absolute atomic E-state index is 0.306. The second-order valence-corrected chi connectivity index (χ2v) is 11.2. The van der Waals surface area contributed by atoms with Gasteiger partial charge in [-0.05, 0) is 31.5 Å². The molecular weight excluding hydrogens is 536 g/mol. The van der Waals surface area contributed by atoms with Crippen LogP contribution in [0.5, 0.6) is 0 Å². The fourth-order valence-electron chi connectivity index (χ4n) is 6.11. The molecule has 10 heteroatoms. The zero-order chi connectivity index (χ0) is 30.4. The van der Waals surface area contributed by atoms with E-state index in [0.29, 0.717) is 17.6 Å². The van der Waals surface area contributed by atoms with Crippen molar-refractivity contribution in [1.29, 1.82) is 0 Å². The summed E-state index contributed by atoms with van der Waals surface area (Å²) in [6, 6.07) is 22.6. The largest absolute Gasteiger partial charge is 0.369 e. The van der Waals surface area contributed by atoms with Crippen LogP contribution < -0.4 is 27.8 Å². The van der Waals surface area contributed by atoms with Gasteiger partial charge in [0.2, 0.25) is 0 Å². The van der Waals surface area contributed by atoms with Gasteiger partial charge in [0.1, 0.15) is 18.3 Å². The van der Waals surface area contributed by atoms with Gasteiger partial charge in [0, 0.05) is 29.3 Å². The minimum Gasteiger partial charge on any atom is -0.369 e. The van der Waals surface area contributed by atoms with Gasteiger partial charge in [0.15, 0.2) is 11.8 Å². The summed E-state index contributed by atoms with van der Waals surface area (Å²) in [5.74, 6) is 1.49. The average Bonchev–Trinajstić information content (AvgIpc) is 3.03. The smallest absolute Gasteiger partial charge is 0.199 e. The number of guanidine groups is 1. The van der Waals surface area contributed by atoms with Crippen LogP contribution in [0, 0.1) is 0 Å². The number of anilines is 2. The number of nitrogens with zero attached hydrogens (tertiary/aromatic N) is 6. The van der Waals surface area contributed by atoms with Crippen molar-refractivity contribution in [1.82, 2.24) is 19.8 Å². The van der Waals surface area contributed by atoms with Crippen LogP contribution in [0.4, 0.5) is 17.3 Å². The molecule has 2 aromatic carbocycles. The number of rotatable bonds is 6. The molecule has 0 spiro atoms. The number of aromatic nitrogens is 2. The molecule has 2 aliphatic heterocycles. The van der Waals surface area contributed by atoms with Crippen molar-refractivity contribution in [3.63, 3.8) is 0 Å². The molecule has 0 radical (unpaired) electrons. The van der Waals surface area contributed by atoms with Gasteiger partial charge in [0.05, 0.1) is 28.8 Å². The maximum Gasteiger partial charge on any atom is 0.199 e. The molecule has 3 atom stereocenters. The monoisotopic (exact) mass is 576 g/mol. The number of nitrogens with two attached hydrogens (primary N) is 4. The third-order valence-electron chi connectivity index (χ3n) is 8.57. The van der Waals surface area contributed by atoms with E-state index in [2.05, 4.69) is 49.1 Å². The van der Waals surface area contributed by atoms with Crippen LogP contribution in [0.1, 0.15) is 54.9 Å². The van der Waals surface area contributed by atoms with E-state index < -0.39 is 18.6 Å². The van der Waals surface area contributed by atoms with Gasteiger partial charge in [0.25, 0.3) is 0 Å². The molecule has 0 amide bonds. The second kappa shape index (κ2) is 11.4. The lowest BCUT2D eigenvalue weighted by Crippen LogP contribution is -2.58. The second-order valence-electron chi connectivity index (χ2n) is 11.2. The quantitative estimate of drug-likeness (QED) is 0.261. The summed E-state index contributed by atoms with van der Waals surface area (Å²) in [5, 5.41) is 0. The molecule has 3 unspecified atom stereocenters. The van der Waals surface area contributed by atoms with Crippen molar-refractivity contribution >= 4 is 23.3 Å². The van der Waals surface area contributed by atoms with Crippen molar-refractivity contribution in [2.45, 2.75) is 51.7 Å². The van der Waals surface area contributed by atoms with Gasteiger partial charge in [-0.15, -0.1) is 0 Å². The van der Waals surface area contributed by atoms with Gasteiger partial charge in [-0.25, -0.2) is 9.97 Å². The van der Waals surface area contributed by atoms with Crippen LogP contribution in [0.15, 0.2) is 71.7 Å². The summed E-state index contributed by atoms with van der Waals surface area (Å²) in [4.78, 5) is 21.0. The van der Waals surface area contributed by atoms with Gasteiger partial charge >= 0.3 is 0 Å². The molecule has 43 heavy (non-hydrogen) atoms. The summed E-state index contributed by atoms with van der Waals surface area (Å²) < 4.78 is 0. The van der Waals surface area contributed by atoms with Crippen molar-refractivity contribution in [2.75, 3.05) is 19.0 Å². The topological polar surface area (TPSA) is 152 Å². The van der Waals surface area contributed by atoms with E-state index in [1.54, 1.807) is 4.90 Å². The van der Waals surface area contributed by atoms with Crippen LogP contribution >= 0.6 is 0 Å². The molecular formula is C33H40N10. The van der Waals surface area contributed by atoms with Crippen molar-refractivity contribution in [3.05, 3.63) is 89.0 Å². The summed E-state index contributed by atoms with van der Waals surface area (Å²) in [6.07, 6.45) is 0.734. The van der Waals surface area contributed by atoms with E-state index in [4.69, 9.17) is 37.9 Å². The Morgan fingerprint density at radius 2 is 1.44 bits per heavy atom. The predicted octanol–water partition coefficient (Wildman–Crippen LogP) is 4.46. The molecule has 4 aromatic rings. The Morgan fingerprint density at radius 1 is 0.814 bits per heavy atom. The SMILES string of the molecule is CCCc1c(-c2ccccc2)nc2c(c1N1c3nc(-c4ccccc4)c(CC)cc3C(N)N(C)C1N)C(N)N(C)C(N)=N2. The molecule has 0 aliphatic carbocycles. The lowest BCUT2D eigenvalue weighted by atomic mass is 9.93. The number of hydrogen-bond donors (Lipinski definition) is 4. The van der Waals surface area contributed by atoms with Gasteiger partial charge in [-0.3, -0.25) is 15.5 Å². The Labute approximate surface area is 253 Å². The summed E-state index contributed by atoms with van der Waals surface area (Å²) in [7, 11) is 3.78. The molecule has 0 fully saturated rings. The van der Waals surface area contributed by atoms with Crippen molar-refractivity contribution < 1.29 is 0 Å². The molecule has 10 nitrogen and oxygen atoms in total. The highest BCUT2D eigenvalue weighted by Gasteiger charge is 2.41. The lowest BCUT2D eigenvalue weighted by molar-refractivity contribution is 0.168. The molecule has 8 N–H and O–H groups in total. The molecule has 0 bridgehead atoms. The number of aliphatic imine (C=N–C) groups is 1. The molecule has 0 saturated heterocycles. The molecule has 4 heterocycles. The normalized spacial score (nSPS) is 20.1. The highest BCUT2D eigenvalue weighted by molar-refractivity contribution is 5.89. The number of hydrogen-bond acceptors (Lipinski definition) is 10. The zero-order valence-corrected chi connectivity index (χ0v) is 25.2. The molecule has 222 valence electrons. The lowest BCUT2D eigenvalue weighted by Gasteiger charge is -2.47. The van der Waals surface area contributed by atoms with E-state index in [-0.39, 0.29) is 0 Å². The van der Waals surface area contributed by atoms with Gasteiger partial charge < -0.3 is 22.1 Å². The Bertz CT molecular complexity index is 1670. The molecule has 2 aliphatic rings. The first-order chi connectivity index (χ1) is 20.8. The Hall–Kier alpha value is -4.35. The molecule has 6 rings (SSSR count). The van der Waals surface area contributed by atoms with Crippen molar-refractivity contribution in [3.8, 4) is 22.5 Å². The number of aryl methyl sites for hydroxylation is 1. The summed E-state index contributed by atoms with van der Waals surface area (Å²) in [5.41, 5.74) is 35.6. The first kappa shape index (κ1) is 28.8. The van der Waals surface area contributed by atoms with Crippen LogP contribution in [-0.4, -0.2) is 46.1 Å². The summed E-state index contributed by atoms with van der Waals surface area (Å²) >= 11 is 0. The van der Waals surface area contributed by atoms with Crippen LogP contribution in [-0.2, 0) is 12.8 Å². The van der Waals surface area contributed by atoms with E-state index in [0.717, 1.165) is 69.7 Å². The fourth-order valence-corrected chi connectivity index (χ4v) is 6.11. The Kier molecular flexibility index (Phi) is 7.61. The standard InChI is InChI=1S/C33H40N10/c1-5-13-22-26(21-16-11-8-12-17-21)38-30-24(29(35)41(3)32(36)40-30)27(22)43-31-23(28(34)42(4)33(43)37)18-19(6-2)25(39-31)20-14-9-7-10-15-20/h7-12,14-18,28-29,33H,5-6,13,34-35,37H2,1-4H3,(H2,36,38,40). The van der Waals surface area contributed by atoms with E-state index in [1.807, 2.05) is 55.4 Å². The molecule has 2 aromatic heterocycles. The summed E-state index contributed by atoms with van der Waals surface area (Å²) in [6.45, 7) is 4.30. The molecule has 0 saturated carbocycles. The van der Waals surface area contributed by atoms with Crippen LogP contribution in [0.2, 0.25) is 0 Å². The third kappa shape index (κ3) is 4.72. The third-order valence-corrected chi connectivity index (χ3v) is 8.57. The fraction of sp³-hybridized carbons (Fsp3) is 0.303. The number of benzene rings is 2. The van der Waals surface area contributed by atoms with Crippen molar-refractivity contribution in [2.24, 2.45) is 27.9 Å². The highest BCUT2D eigenvalue weighted by atomic mass is 15.5. The van der Waals surface area contributed by atoms with Gasteiger partial charge in [-0.1, -0.05) is 80.9 Å². The Morgan fingerprint density at radius 3 is 2.05 bits per heavy atom. The van der Waals surface area contributed by atoms with Crippen LogP contribution in [0.3, 0.4) is 0 Å². The van der Waals surface area contributed by atoms with E-state index >= 15 is 0 Å².